The van der Waals surface area contributed by atoms with Crippen LogP contribution in [-0.4, -0.2) is 70.0 Å². The van der Waals surface area contributed by atoms with E-state index < -0.39 is 32.5 Å². The van der Waals surface area contributed by atoms with Crippen LogP contribution in [-0.2, 0) is 32.7 Å². The lowest BCUT2D eigenvalue weighted by atomic mass is 10.1. The van der Waals surface area contributed by atoms with Gasteiger partial charge in [-0.2, -0.15) is 0 Å². The molecule has 0 spiro atoms. The standard InChI is InChI=1S/C41H70NO8P/c1-6-8-10-12-14-16-18-20-22-23-25-27-29-31-33-40(43)47-37-39(38-49-51(45,46)48-36-35-42(3,4)5)50-41(44)34-32-30-28-26-24-21-19-17-15-13-11-9-7-2/h8-11,13-17,19,21,24,39H,6-7,12,18,20,22-23,25-38H2,1-5H3/b10-8+,11-9+,15-13+,16-14+,19-17+,24-21+. The fourth-order valence-electron chi connectivity index (χ4n) is 4.58. The first kappa shape index (κ1) is 48.5. The molecule has 2 unspecified atom stereocenters. The number of nitrogens with zero attached hydrogens (tertiary/aromatic N) is 1. The van der Waals surface area contributed by atoms with Crippen LogP contribution in [0.3, 0.4) is 0 Å². The molecule has 0 amide bonds. The third kappa shape index (κ3) is 37.0. The number of likely N-dealkylation sites (N-methyl/N-ethyl adjacent to an activating group) is 1. The van der Waals surface area contributed by atoms with Crippen LogP contribution >= 0.6 is 7.82 Å². The minimum absolute atomic E-state index is 0.0442. The van der Waals surface area contributed by atoms with E-state index in [1.165, 1.54) is 19.3 Å². The Hall–Kier alpha value is -2.55. The van der Waals surface area contributed by atoms with E-state index in [9.17, 15) is 19.0 Å². The number of rotatable bonds is 33. The van der Waals surface area contributed by atoms with Crippen molar-refractivity contribution in [2.45, 2.75) is 129 Å². The van der Waals surface area contributed by atoms with Gasteiger partial charge >= 0.3 is 11.9 Å². The van der Waals surface area contributed by atoms with Crippen molar-refractivity contribution in [2.24, 2.45) is 0 Å². The van der Waals surface area contributed by atoms with Gasteiger partial charge in [0.1, 0.15) is 19.8 Å². The van der Waals surface area contributed by atoms with Gasteiger partial charge < -0.3 is 27.9 Å². The number of carbonyl (C=O) groups excluding carboxylic acids is 2. The summed E-state index contributed by atoms with van der Waals surface area (Å²) in [5.74, 6) is -0.901. The van der Waals surface area contributed by atoms with Gasteiger partial charge in [-0.15, -0.1) is 0 Å². The molecule has 51 heavy (non-hydrogen) atoms. The van der Waals surface area contributed by atoms with Gasteiger partial charge in [-0.05, 0) is 57.8 Å². The van der Waals surface area contributed by atoms with Crippen molar-refractivity contribution in [1.82, 2.24) is 0 Å². The van der Waals surface area contributed by atoms with Gasteiger partial charge in [0, 0.05) is 12.8 Å². The first-order valence-corrected chi connectivity index (χ1v) is 20.7. The van der Waals surface area contributed by atoms with Crippen molar-refractivity contribution < 1.29 is 42.1 Å². The second-order valence-electron chi connectivity index (χ2n) is 13.6. The smallest absolute Gasteiger partial charge is 0.306 e. The van der Waals surface area contributed by atoms with Crippen molar-refractivity contribution in [3.63, 3.8) is 0 Å². The van der Waals surface area contributed by atoms with Crippen LogP contribution in [0.15, 0.2) is 72.9 Å². The zero-order valence-corrected chi connectivity index (χ0v) is 33.4. The Morgan fingerprint density at radius 3 is 1.80 bits per heavy atom. The number of phosphoric acid groups is 1. The Morgan fingerprint density at radius 1 is 0.627 bits per heavy atom. The molecule has 2 atom stereocenters. The quantitative estimate of drug-likeness (QED) is 0.0164. The summed E-state index contributed by atoms with van der Waals surface area (Å²) in [6, 6.07) is 0. The molecule has 0 aromatic rings. The molecule has 0 saturated heterocycles. The highest BCUT2D eigenvalue weighted by Gasteiger charge is 2.21. The number of esters is 2. The largest absolute Gasteiger partial charge is 0.756 e. The van der Waals surface area contributed by atoms with Crippen molar-refractivity contribution >= 4 is 19.8 Å². The molecule has 0 aliphatic rings. The third-order valence-corrected chi connectivity index (χ3v) is 8.53. The molecule has 0 rings (SSSR count). The van der Waals surface area contributed by atoms with Crippen molar-refractivity contribution in [3.05, 3.63) is 72.9 Å². The molecule has 9 nitrogen and oxygen atoms in total. The Balaban J connectivity index is 4.53. The zero-order valence-electron chi connectivity index (χ0n) is 32.5. The average molecular weight is 736 g/mol. The first-order valence-electron chi connectivity index (χ1n) is 19.2. The molecule has 0 aliphatic heterocycles. The zero-order chi connectivity index (χ0) is 37.9. The van der Waals surface area contributed by atoms with Gasteiger partial charge in [0.2, 0.25) is 0 Å². The van der Waals surface area contributed by atoms with Crippen LogP contribution in [0.1, 0.15) is 123 Å². The van der Waals surface area contributed by atoms with Crippen LogP contribution < -0.4 is 4.89 Å². The number of phosphoric ester groups is 1. The van der Waals surface area contributed by atoms with E-state index in [0.29, 0.717) is 23.9 Å². The van der Waals surface area contributed by atoms with Crippen LogP contribution in [0.5, 0.6) is 0 Å². The predicted molar refractivity (Wildman–Crippen MR) is 208 cm³/mol. The molecular formula is C41H70NO8P. The fraction of sp³-hybridized carbons (Fsp3) is 0.659. The molecule has 0 heterocycles. The Kier molecular flexibility index (Phi) is 31.6. The van der Waals surface area contributed by atoms with Gasteiger partial charge in [-0.25, -0.2) is 0 Å². The number of quaternary nitrogens is 1. The fourth-order valence-corrected chi connectivity index (χ4v) is 5.31. The molecule has 0 N–H and O–H groups in total. The number of unbranched alkanes of at least 4 members (excludes halogenated alkanes) is 10. The van der Waals surface area contributed by atoms with Gasteiger partial charge in [0.15, 0.2) is 6.10 Å². The molecule has 10 heteroatoms. The second-order valence-corrected chi connectivity index (χ2v) is 15.0. The Bertz CT molecular complexity index is 1100. The van der Waals surface area contributed by atoms with Crippen molar-refractivity contribution in [3.8, 4) is 0 Å². The molecule has 0 saturated carbocycles. The third-order valence-electron chi connectivity index (χ3n) is 7.57. The van der Waals surface area contributed by atoms with E-state index in [-0.39, 0.29) is 26.1 Å². The summed E-state index contributed by atoms with van der Waals surface area (Å²) in [5, 5.41) is 0. The van der Waals surface area contributed by atoms with Crippen LogP contribution in [0.4, 0.5) is 0 Å². The minimum atomic E-state index is -4.63. The summed E-state index contributed by atoms with van der Waals surface area (Å²) >= 11 is 0. The lowest BCUT2D eigenvalue weighted by Gasteiger charge is -2.28. The lowest BCUT2D eigenvalue weighted by molar-refractivity contribution is -0.870. The van der Waals surface area contributed by atoms with Crippen LogP contribution in [0.25, 0.3) is 0 Å². The molecule has 0 fully saturated rings. The Morgan fingerprint density at radius 2 is 1.16 bits per heavy atom. The molecule has 292 valence electrons. The molecule has 0 radical (unpaired) electrons. The number of allylic oxidation sites excluding steroid dienone is 12. The van der Waals surface area contributed by atoms with E-state index in [0.717, 1.165) is 64.2 Å². The topological polar surface area (TPSA) is 111 Å². The number of hydrogen-bond donors (Lipinski definition) is 0. The van der Waals surface area contributed by atoms with Crippen LogP contribution in [0.2, 0.25) is 0 Å². The first-order chi connectivity index (χ1) is 24.5. The SMILES string of the molecule is CC/C=C/C=C/C=C/C=C/CCCCCC(=O)OC(COC(=O)CCCCCCCCC/C=C/C/C=C/CC)COP(=O)([O-])OCC[N+](C)(C)C. The number of ether oxygens (including phenoxy) is 2. The van der Waals surface area contributed by atoms with Gasteiger partial charge in [-0.3, -0.25) is 14.2 Å². The van der Waals surface area contributed by atoms with Crippen molar-refractivity contribution in [2.75, 3.05) is 47.5 Å². The van der Waals surface area contributed by atoms with Crippen molar-refractivity contribution in [1.29, 1.82) is 0 Å². The van der Waals surface area contributed by atoms with Gasteiger partial charge in [-0.1, -0.05) is 125 Å². The highest BCUT2D eigenvalue weighted by Crippen LogP contribution is 2.38. The second kappa shape index (κ2) is 33.3. The van der Waals surface area contributed by atoms with Gasteiger partial charge in [0.05, 0.1) is 27.7 Å². The van der Waals surface area contributed by atoms with Crippen LogP contribution in [0, 0.1) is 0 Å². The van der Waals surface area contributed by atoms with E-state index in [4.69, 9.17) is 18.5 Å². The number of hydrogen-bond acceptors (Lipinski definition) is 8. The Labute approximate surface area is 310 Å². The monoisotopic (exact) mass is 735 g/mol. The predicted octanol–water partition coefficient (Wildman–Crippen LogP) is 9.66. The molecular weight excluding hydrogens is 665 g/mol. The normalized spacial score (nSPS) is 14.5. The summed E-state index contributed by atoms with van der Waals surface area (Å²) in [6.45, 7) is 3.88. The molecule has 0 aromatic heterocycles. The average Bonchev–Trinajstić information content (AvgIpc) is 3.07. The maximum absolute atomic E-state index is 12.6. The maximum atomic E-state index is 12.6. The highest BCUT2D eigenvalue weighted by atomic mass is 31.2. The van der Waals surface area contributed by atoms with E-state index >= 15 is 0 Å². The molecule has 0 bridgehead atoms. The van der Waals surface area contributed by atoms with E-state index in [2.05, 4.69) is 50.3 Å². The summed E-state index contributed by atoms with van der Waals surface area (Å²) < 4.78 is 33.7. The summed E-state index contributed by atoms with van der Waals surface area (Å²) in [5.41, 5.74) is 0. The van der Waals surface area contributed by atoms with E-state index in [1.54, 1.807) is 0 Å². The van der Waals surface area contributed by atoms with E-state index in [1.807, 2.05) is 57.6 Å². The lowest BCUT2D eigenvalue weighted by Crippen LogP contribution is -2.37. The minimum Gasteiger partial charge on any atom is -0.756 e. The summed E-state index contributed by atoms with van der Waals surface area (Å²) in [4.78, 5) is 37.3. The number of carbonyl (C=O) groups is 2. The highest BCUT2D eigenvalue weighted by molar-refractivity contribution is 7.45. The maximum Gasteiger partial charge on any atom is 0.306 e. The summed E-state index contributed by atoms with van der Waals surface area (Å²) in [7, 11) is 1.12. The van der Waals surface area contributed by atoms with Gasteiger partial charge in [0.25, 0.3) is 7.82 Å². The summed E-state index contributed by atoms with van der Waals surface area (Å²) in [6.07, 6.45) is 39.4. The molecule has 0 aliphatic carbocycles. The molecule has 0 aromatic carbocycles.